The van der Waals surface area contributed by atoms with E-state index in [1.165, 1.54) is 11.3 Å². The van der Waals surface area contributed by atoms with Gasteiger partial charge in [-0.1, -0.05) is 41.7 Å². The summed E-state index contributed by atoms with van der Waals surface area (Å²) >= 11 is 1.27. The third-order valence-electron chi connectivity index (χ3n) is 7.50. The first-order chi connectivity index (χ1) is 22.3. The summed E-state index contributed by atoms with van der Waals surface area (Å²) < 4.78 is 20.5. The van der Waals surface area contributed by atoms with Gasteiger partial charge in [0.1, 0.15) is 17.2 Å². The lowest BCUT2D eigenvalue weighted by Crippen LogP contribution is -2.40. The molecule has 0 saturated heterocycles. The van der Waals surface area contributed by atoms with Crippen LogP contribution in [0.5, 0.6) is 11.5 Å². The Morgan fingerprint density at radius 3 is 2.35 bits per heavy atom. The lowest BCUT2D eigenvalue weighted by atomic mass is 9.96. The Morgan fingerprint density at radius 1 is 1.00 bits per heavy atom. The number of rotatable bonds is 9. The Kier molecular flexibility index (Phi) is 8.72. The van der Waals surface area contributed by atoms with Crippen LogP contribution in [0.15, 0.2) is 106 Å². The van der Waals surface area contributed by atoms with Crippen molar-refractivity contribution >= 4 is 23.4 Å². The van der Waals surface area contributed by atoms with Crippen LogP contribution in [0.3, 0.4) is 0 Å². The van der Waals surface area contributed by atoms with Crippen molar-refractivity contribution in [2.24, 2.45) is 4.99 Å². The molecule has 0 radical (unpaired) electrons. The fraction of sp³-hybridized carbons (Fsp3) is 0.222. The molecular weight excluding hydrogens is 600 g/mol. The number of hydrogen-bond donors (Lipinski definition) is 0. The summed E-state index contributed by atoms with van der Waals surface area (Å²) in [7, 11) is 1.59. The van der Waals surface area contributed by atoms with Crippen LogP contribution in [0.25, 0.3) is 23.0 Å². The van der Waals surface area contributed by atoms with E-state index < -0.39 is 12.0 Å². The number of allylic oxidation sites excluding steroid dienone is 1. The maximum atomic E-state index is 14.3. The zero-order valence-corrected chi connectivity index (χ0v) is 27.1. The van der Waals surface area contributed by atoms with E-state index in [9.17, 15) is 9.59 Å². The minimum Gasteiger partial charge on any atom is -0.497 e. The second kappa shape index (κ2) is 13.0. The quantitative estimate of drug-likeness (QED) is 0.200. The summed E-state index contributed by atoms with van der Waals surface area (Å²) in [4.78, 5) is 33.0. The van der Waals surface area contributed by atoms with Gasteiger partial charge in [-0.2, -0.15) is 5.10 Å². The van der Waals surface area contributed by atoms with Gasteiger partial charge < -0.3 is 14.2 Å². The van der Waals surface area contributed by atoms with Gasteiger partial charge >= 0.3 is 5.97 Å². The van der Waals surface area contributed by atoms with E-state index in [2.05, 4.69) is 0 Å². The van der Waals surface area contributed by atoms with E-state index in [4.69, 9.17) is 24.3 Å². The zero-order valence-electron chi connectivity index (χ0n) is 26.3. The predicted molar refractivity (Wildman–Crippen MR) is 178 cm³/mol. The molecule has 0 N–H and O–H groups in total. The summed E-state index contributed by atoms with van der Waals surface area (Å²) in [6.45, 7) is 7.88. The van der Waals surface area contributed by atoms with Crippen molar-refractivity contribution in [3.8, 4) is 28.4 Å². The van der Waals surface area contributed by atoms with Crippen LogP contribution >= 0.6 is 11.3 Å². The van der Waals surface area contributed by atoms with E-state index in [0.29, 0.717) is 38.7 Å². The summed E-state index contributed by atoms with van der Waals surface area (Å²) in [5.41, 5.74) is 4.54. The minimum absolute atomic E-state index is 0.267. The molecule has 0 fully saturated rings. The number of methoxy groups -OCH3 is 1. The standard InChI is InChI=1S/C36H34N4O5S/c1-6-44-29-18-12-24(13-19-29)32-26(21-39(38-32)27-10-8-7-9-11-27)20-30-34(41)40-33(25-14-16-28(43-5)17-15-25)31(35(42)45-22(2)3)23(4)37-36(40)46-30/h7-22,33H,6H2,1-5H3/b30-20+/t33-/m1/s1. The Bertz CT molecular complexity index is 2090. The molecule has 234 valence electrons. The number of hydrogen-bond acceptors (Lipinski definition) is 8. The van der Waals surface area contributed by atoms with Gasteiger partial charge in [0.2, 0.25) is 0 Å². The Hall–Kier alpha value is -5.22. The second-order valence-corrected chi connectivity index (χ2v) is 12.0. The van der Waals surface area contributed by atoms with Crippen LogP contribution in [0.2, 0.25) is 0 Å². The number of thiazole rings is 1. The van der Waals surface area contributed by atoms with Crippen molar-refractivity contribution in [2.75, 3.05) is 13.7 Å². The molecule has 5 aromatic rings. The molecule has 1 aliphatic rings. The van der Waals surface area contributed by atoms with Crippen LogP contribution in [0, 0.1) is 0 Å². The van der Waals surface area contributed by atoms with Gasteiger partial charge in [-0.15, -0.1) is 0 Å². The molecule has 0 unspecified atom stereocenters. The molecule has 1 aliphatic heterocycles. The lowest BCUT2D eigenvalue weighted by molar-refractivity contribution is -0.143. The first kappa shape index (κ1) is 30.8. The number of carbonyl (C=O) groups excluding carboxylic acids is 1. The highest BCUT2D eigenvalue weighted by atomic mass is 32.1. The molecule has 1 atom stereocenters. The van der Waals surface area contributed by atoms with Crippen LogP contribution in [-0.4, -0.2) is 40.1 Å². The van der Waals surface area contributed by atoms with Crippen molar-refractivity contribution in [1.82, 2.24) is 14.3 Å². The van der Waals surface area contributed by atoms with Gasteiger partial charge in [-0.25, -0.2) is 14.5 Å². The zero-order chi connectivity index (χ0) is 32.4. The van der Waals surface area contributed by atoms with E-state index in [-0.39, 0.29) is 11.7 Å². The number of nitrogens with zero attached hydrogens (tertiary/aromatic N) is 4. The molecular formula is C36H34N4O5S. The molecule has 46 heavy (non-hydrogen) atoms. The Balaban J connectivity index is 1.53. The van der Waals surface area contributed by atoms with Gasteiger partial charge in [-0.3, -0.25) is 9.36 Å². The van der Waals surface area contributed by atoms with Crippen molar-refractivity contribution < 1.29 is 19.0 Å². The third kappa shape index (κ3) is 6.03. The van der Waals surface area contributed by atoms with Crippen molar-refractivity contribution in [3.63, 3.8) is 0 Å². The minimum atomic E-state index is -0.729. The number of para-hydroxylation sites is 1. The lowest BCUT2D eigenvalue weighted by Gasteiger charge is -2.25. The molecule has 0 aliphatic carbocycles. The smallest absolute Gasteiger partial charge is 0.338 e. The highest BCUT2D eigenvalue weighted by Gasteiger charge is 2.34. The molecule has 0 amide bonds. The predicted octanol–water partition coefficient (Wildman–Crippen LogP) is 5.45. The van der Waals surface area contributed by atoms with Crippen molar-refractivity contribution in [3.05, 3.63) is 127 Å². The van der Waals surface area contributed by atoms with Gasteiger partial charge in [0.15, 0.2) is 4.80 Å². The van der Waals surface area contributed by atoms with Gasteiger partial charge in [-0.05, 0) is 87.9 Å². The van der Waals surface area contributed by atoms with Gasteiger partial charge in [0.05, 0.1) is 47.4 Å². The van der Waals surface area contributed by atoms with Crippen molar-refractivity contribution in [2.45, 2.75) is 39.8 Å². The number of benzene rings is 3. The first-order valence-corrected chi connectivity index (χ1v) is 15.8. The molecule has 2 aromatic heterocycles. The topological polar surface area (TPSA) is 96.9 Å². The number of carbonyl (C=O) groups is 1. The largest absolute Gasteiger partial charge is 0.497 e. The van der Waals surface area contributed by atoms with Gasteiger partial charge in [0, 0.05) is 17.3 Å². The van der Waals surface area contributed by atoms with Crippen LogP contribution in [0.4, 0.5) is 0 Å². The SMILES string of the molecule is CCOc1ccc(-c2nn(-c3ccccc3)cc2/C=c2/sc3n(c2=O)[C@H](c2ccc(OC)cc2)C(C(=O)OC(C)C)=C(C)N=3)cc1. The van der Waals surface area contributed by atoms with E-state index in [1.54, 1.807) is 37.1 Å². The highest BCUT2D eigenvalue weighted by Crippen LogP contribution is 2.32. The average Bonchev–Trinajstić information content (AvgIpc) is 3.61. The monoisotopic (exact) mass is 634 g/mol. The summed E-state index contributed by atoms with van der Waals surface area (Å²) in [5.74, 6) is 0.929. The molecule has 0 saturated carbocycles. The molecule has 3 heterocycles. The van der Waals surface area contributed by atoms with E-state index in [1.807, 2.05) is 98.1 Å². The first-order valence-electron chi connectivity index (χ1n) is 15.0. The third-order valence-corrected chi connectivity index (χ3v) is 8.49. The molecule has 3 aromatic carbocycles. The fourth-order valence-electron chi connectivity index (χ4n) is 5.41. The fourth-order valence-corrected chi connectivity index (χ4v) is 6.45. The highest BCUT2D eigenvalue weighted by molar-refractivity contribution is 7.07. The van der Waals surface area contributed by atoms with Crippen molar-refractivity contribution in [1.29, 1.82) is 0 Å². The maximum absolute atomic E-state index is 14.3. The summed E-state index contributed by atoms with van der Waals surface area (Å²) in [6, 6.07) is 24.2. The van der Waals surface area contributed by atoms with Crippen LogP contribution < -0.4 is 24.4 Å². The molecule has 0 bridgehead atoms. The maximum Gasteiger partial charge on any atom is 0.338 e. The Labute approximate surface area is 270 Å². The number of esters is 1. The summed E-state index contributed by atoms with van der Waals surface area (Å²) in [5, 5.41) is 4.92. The number of fused-ring (bicyclic) bond motifs is 1. The van der Waals surface area contributed by atoms with Gasteiger partial charge in [0.25, 0.3) is 5.56 Å². The molecule has 9 nitrogen and oxygen atoms in total. The second-order valence-electron chi connectivity index (χ2n) is 11.0. The normalized spacial score (nSPS) is 14.7. The summed E-state index contributed by atoms with van der Waals surface area (Å²) in [6.07, 6.45) is 3.42. The van der Waals surface area contributed by atoms with Crippen LogP contribution in [0.1, 0.15) is 44.9 Å². The molecule has 6 rings (SSSR count). The number of ether oxygens (including phenoxy) is 3. The number of aromatic nitrogens is 3. The van der Waals surface area contributed by atoms with Crippen LogP contribution in [-0.2, 0) is 9.53 Å². The van der Waals surface area contributed by atoms with E-state index in [0.717, 1.165) is 28.1 Å². The van der Waals surface area contributed by atoms with E-state index >= 15 is 0 Å². The molecule has 0 spiro atoms. The molecule has 10 heteroatoms. The average molecular weight is 635 g/mol. The Morgan fingerprint density at radius 2 is 1.70 bits per heavy atom.